The second-order valence-corrected chi connectivity index (χ2v) is 3.03. The second-order valence-electron chi connectivity index (χ2n) is 3.03. The number of rotatable bonds is 6. The van der Waals surface area contributed by atoms with Crippen molar-refractivity contribution in [2.45, 2.75) is 33.6 Å². The summed E-state index contributed by atoms with van der Waals surface area (Å²) in [6.45, 7) is 4.98. The Kier molecular flexibility index (Phi) is 5.76. The van der Waals surface area contributed by atoms with E-state index in [9.17, 15) is 14.4 Å². The topological polar surface area (TPSA) is 60.4 Å². The van der Waals surface area contributed by atoms with Crippen LogP contribution in [0.4, 0.5) is 0 Å². The number of esters is 1. The smallest absolute Gasteiger partial charge is 0.306 e. The minimum absolute atomic E-state index is 0.00273. The molecule has 80 valence electrons. The first kappa shape index (κ1) is 12.8. The fourth-order valence-electron chi connectivity index (χ4n) is 1.13. The number of carbonyl (C=O) groups excluding carboxylic acids is 3. The van der Waals surface area contributed by atoms with Crippen LogP contribution in [-0.2, 0) is 19.1 Å². The van der Waals surface area contributed by atoms with Crippen LogP contribution in [0.5, 0.6) is 0 Å². The van der Waals surface area contributed by atoms with E-state index in [1.165, 1.54) is 6.92 Å². The van der Waals surface area contributed by atoms with Gasteiger partial charge in [-0.3, -0.25) is 14.4 Å². The van der Waals surface area contributed by atoms with E-state index in [0.29, 0.717) is 13.0 Å². The van der Waals surface area contributed by atoms with Crippen molar-refractivity contribution in [3.8, 4) is 0 Å². The molecule has 0 aromatic carbocycles. The van der Waals surface area contributed by atoms with Gasteiger partial charge in [0.1, 0.15) is 0 Å². The summed E-state index contributed by atoms with van der Waals surface area (Å²) >= 11 is 0. The van der Waals surface area contributed by atoms with Crippen molar-refractivity contribution < 1.29 is 19.1 Å². The van der Waals surface area contributed by atoms with Gasteiger partial charge in [0.2, 0.25) is 5.78 Å². The van der Waals surface area contributed by atoms with E-state index in [1.54, 1.807) is 13.8 Å². The van der Waals surface area contributed by atoms with E-state index in [2.05, 4.69) is 0 Å². The van der Waals surface area contributed by atoms with Crippen molar-refractivity contribution in [2.75, 3.05) is 6.61 Å². The molecule has 0 N–H and O–H groups in total. The van der Waals surface area contributed by atoms with Crippen LogP contribution in [0.25, 0.3) is 0 Å². The van der Waals surface area contributed by atoms with Crippen LogP contribution >= 0.6 is 0 Å². The van der Waals surface area contributed by atoms with Crippen molar-refractivity contribution in [1.29, 1.82) is 0 Å². The molecule has 0 amide bonds. The molecule has 0 aliphatic carbocycles. The van der Waals surface area contributed by atoms with E-state index in [4.69, 9.17) is 4.74 Å². The highest BCUT2D eigenvalue weighted by Crippen LogP contribution is 2.11. The molecule has 0 fully saturated rings. The van der Waals surface area contributed by atoms with Gasteiger partial charge in [0, 0.05) is 12.8 Å². The van der Waals surface area contributed by atoms with Crippen molar-refractivity contribution in [1.82, 2.24) is 0 Å². The maximum atomic E-state index is 11.3. The van der Waals surface area contributed by atoms with E-state index >= 15 is 0 Å². The van der Waals surface area contributed by atoms with Gasteiger partial charge < -0.3 is 4.74 Å². The van der Waals surface area contributed by atoms with Crippen molar-refractivity contribution in [2.24, 2.45) is 5.92 Å². The second kappa shape index (κ2) is 6.29. The summed E-state index contributed by atoms with van der Waals surface area (Å²) in [5.41, 5.74) is 0. The summed E-state index contributed by atoms with van der Waals surface area (Å²) in [6.07, 6.45) is 0.486. The number of ether oxygens (including phenoxy) is 1. The van der Waals surface area contributed by atoms with E-state index in [-0.39, 0.29) is 6.42 Å². The van der Waals surface area contributed by atoms with Gasteiger partial charge in [-0.05, 0) is 13.3 Å². The molecule has 1 atom stereocenters. The minimum atomic E-state index is -0.522. The number of carbonyl (C=O) groups is 3. The number of hydrogen-bond donors (Lipinski definition) is 0. The minimum Gasteiger partial charge on any atom is -0.466 e. The summed E-state index contributed by atoms with van der Waals surface area (Å²) < 4.78 is 4.70. The van der Waals surface area contributed by atoms with E-state index < -0.39 is 23.5 Å². The molecular formula is C10H16O4. The molecule has 0 rings (SSSR count). The highest BCUT2D eigenvalue weighted by Gasteiger charge is 2.23. The normalized spacial score (nSPS) is 11.9. The number of ketones is 2. The fraction of sp³-hybridized carbons (Fsp3) is 0.700. The molecule has 14 heavy (non-hydrogen) atoms. The molecule has 0 saturated heterocycles. The zero-order chi connectivity index (χ0) is 11.1. The Hall–Kier alpha value is -1.19. The highest BCUT2D eigenvalue weighted by atomic mass is 16.5. The molecule has 4 heteroatoms. The molecule has 0 aromatic rings. The third kappa shape index (κ3) is 4.16. The van der Waals surface area contributed by atoms with Crippen LogP contribution in [-0.4, -0.2) is 24.1 Å². The van der Waals surface area contributed by atoms with Crippen LogP contribution in [0.3, 0.4) is 0 Å². The Morgan fingerprint density at radius 2 is 1.79 bits per heavy atom. The van der Waals surface area contributed by atoms with Crippen molar-refractivity contribution in [3.05, 3.63) is 0 Å². The number of Topliss-reactive ketones (excluding diaryl/α,β-unsaturated/α-hetero) is 2. The zero-order valence-electron chi connectivity index (χ0n) is 8.83. The van der Waals surface area contributed by atoms with Gasteiger partial charge in [-0.25, -0.2) is 0 Å². The molecule has 0 aliphatic rings. The average molecular weight is 200 g/mol. The Bertz CT molecular complexity index is 232. The Morgan fingerprint density at radius 3 is 2.14 bits per heavy atom. The van der Waals surface area contributed by atoms with Crippen molar-refractivity contribution >= 4 is 17.5 Å². The summed E-state index contributed by atoms with van der Waals surface area (Å²) in [6, 6.07) is 0. The first-order valence-corrected chi connectivity index (χ1v) is 4.73. The first-order chi connectivity index (χ1) is 6.52. The van der Waals surface area contributed by atoms with Gasteiger partial charge >= 0.3 is 5.97 Å². The van der Waals surface area contributed by atoms with Gasteiger partial charge in [-0.15, -0.1) is 0 Å². The summed E-state index contributed by atoms with van der Waals surface area (Å²) in [4.78, 5) is 33.1. The van der Waals surface area contributed by atoms with Crippen molar-refractivity contribution in [3.63, 3.8) is 0 Å². The quantitative estimate of drug-likeness (QED) is 0.476. The van der Waals surface area contributed by atoms with Crippen LogP contribution < -0.4 is 0 Å². The molecule has 0 heterocycles. The Labute approximate surface area is 83.6 Å². The molecule has 0 bridgehead atoms. The van der Waals surface area contributed by atoms with Gasteiger partial charge in [-0.1, -0.05) is 6.92 Å². The molecular weight excluding hydrogens is 184 g/mol. The van der Waals surface area contributed by atoms with Gasteiger partial charge in [0.15, 0.2) is 5.78 Å². The monoisotopic (exact) mass is 200 g/mol. The maximum Gasteiger partial charge on any atom is 0.306 e. The van der Waals surface area contributed by atoms with E-state index in [1.807, 2.05) is 0 Å². The maximum absolute atomic E-state index is 11.3. The third-order valence-electron chi connectivity index (χ3n) is 1.93. The third-order valence-corrected chi connectivity index (χ3v) is 1.93. The van der Waals surface area contributed by atoms with Gasteiger partial charge in [0.05, 0.1) is 13.0 Å². The predicted octanol–water partition coefficient (Wildman–Crippen LogP) is 1.12. The summed E-state index contributed by atoms with van der Waals surface area (Å²) in [7, 11) is 0. The zero-order valence-corrected chi connectivity index (χ0v) is 8.83. The summed E-state index contributed by atoms with van der Waals surface area (Å²) in [5.74, 6) is -1.93. The number of hydrogen-bond acceptors (Lipinski definition) is 4. The molecule has 0 aliphatic heterocycles. The van der Waals surface area contributed by atoms with Crippen LogP contribution in [0.2, 0.25) is 0 Å². The largest absolute Gasteiger partial charge is 0.466 e. The van der Waals surface area contributed by atoms with E-state index in [0.717, 1.165) is 0 Å². The summed E-state index contributed by atoms with van der Waals surface area (Å²) in [5, 5.41) is 0. The predicted molar refractivity (Wildman–Crippen MR) is 50.7 cm³/mol. The first-order valence-electron chi connectivity index (χ1n) is 4.73. The lowest BCUT2D eigenvalue weighted by Gasteiger charge is -2.10. The Balaban J connectivity index is 4.22. The molecule has 0 saturated carbocycles. The Morgan fingerprint density at radius 1 is 1.21 bits per heavy atom. The lowest BCUT2D eigenvalue weighted by atomic mass is 9.95. The molecule has 4 nitrogen and oxygen atoms in total. The lowest BCUT2D eigenvalue weighted by Crippen LogP contribution is -2.24. The van der Waals surface area contributed by atoms with Gasteiger partial charge in [0.25, 0.3) is 0 Å². The van der Waals surface area contributed by atoms with Crippen LogP contribution in [0, 0.1) is 5.92 Å². The standard InChI is InChI=1S/C10H16O4/c1-4-8(10(13)7(3)11)6-9(12)14-5-2/h8H,4-6H2,1-3H3. The SMILES string of the molecule is CCOC(=O)CC(CC)C(=O)C(C)=O. The fourth-order valence-corrected chi connectivity index (χ4v) is 1.13. The molecule has 0 spiro atoms. The highest BCUT2D eigenvalue weighted by molar-refractivity contribution is 6.37. The molecule has 0 radical (unpaired) electrons. The average Bonchev–Trinajstić information content (AvgIpc) is 2.13. The molecule has 1 unspecified atom stereocenters. The van der Waals surface area contributed by atoms with Gasteiger partial charge in [-0.2, -0.15) is 0 Å². The molecule has 0 aromatic heterocycles. The van der Waals surface area contributed by atoms with Crippen LogP contribution in [0.15, 0.2) is 0 Å². The lowest BCUT2D eigenvalue weighted by molar-refractivity contribution is -0.147. The van der Waals surface area contributed by atoms with Crippen LogP contribution in [0.1, 0.15) is 33.6 Å².